The van der Waals surface area contributed by atoms with Gasteiger partial charge in [-0.25, -0.2) is 15.0 Å². The molecule has 5 aromatic rings. The fraction of sp³-hybridized carbons (Fsp3) is 0.105. The lowest BCUT2D eigenvalue weighted by Gasteiger charge is -2.07. The van der Waals surface area contributed by atoms with Crippen molar-refractivity contribution in [1.82, 2.24) is 24.9 Å². The first kappa shape index (κ1) is 14.4. The minimum Gasteiger partial charge on any atom is -0.254 e. The molecule has 0 bridgehead atoms. The van der Waals surface area contributed by atoms with Crippen molar-refractivity contribution >= 4 is 44.0 Å². The van der Waals surface area contributed by atoms with Gasteiger partial charge in [0.15, 0.2) is 5.65 Å². The summed E-state index contributed by atoms with van der Waals surface area (Å²) in [6.07, 6.45) is 5.28. The van der Waals surface area contributed by atoms with Crippen molar-refractivity contribution in [3.63, 3.8) is 0 Å². The fourth-order valence-electron chi connectivity index (χ4n) is 2.84. The highest BCUT2D eigenvalue weighted by Crippen LogP contribution is 2.31. The van der Waals surface area contributed by atoms with E-state index in [1.807, 2.05) is 50.2 Å². The quantitative estimate of drug-likeness (QED) is 0.315. The van der Waals surface area contributed by atoms with Crippen LogP contribution in [0.25, 0.3) is 44.0 Å². The molecule has 4 heterocycles. The first-order chi connectivity index (χ1) is 11.9. The summed E-state index contributed by atoms with van der Waals surface area (Å²) in [7, 11) is 0. The van der Waals surface area contributed by atoms with Crippen molar-refractivity contribution in [2.75, 3.05) is 0 Å². The molecule has 0 unspecified atom stereocenters. The number of nitrogens with zero attached hydrogens (tertiary/aromatic N) is 5. The second-order valence-electron chi connectivity index (χ2n) is 5.07. The molecule has 0 saturated heterocycles. The van der Waals surface area contributed by atoms with Crippen LogP contribution in [0.15, 0.2) is 55.0 Å². The van der Waals surface area contributed by atoms with Gasteiger partial charge in [0.05, 0.1) is 16.6 Å². The van der Waals surface area contributed by atoms with E-state index in [1.54, 1.807) is 18.6 Å². The Hall–Kier alpha value is -3.21. The van der Waals surface area contributed by atoms with Crippen molar-refractivity contribution < 1.29 is 0 Å². The molecule has 1 aromatic carbocycles. The Balaban J connectivity index is 0.000000704. The molecule has 5 rings (SSSR count). The van der Waals surface area contributed by atoms with E-state index in [2.05, 4.69) is 15.0 Å². The number of hydrogen-bond acceptors (Lipinski definition) is 5. The highest BCUT2D eigenvalue weighted by atomic mass is 14.9. The molecule has 5 heteroatoms. The molecule has 5 nitrogen and oxygen atoms in total. The molecule has 0 fully saturated rings. The van der Waals surface area contributed by atoms with Crippen LogP contribution in [-0.2, 0) is 0 Å². The van der Waals surface area contributed by atoms with E-state index >= 15 is 0 Å². The average molecular weight is 313 g/mol. The number of pyridine rings is 3. The third kappa shape index (κ3) is 2.06. The molecule has 0 aliphatic rings. The smallest absolute Gasteiger partial charge is 0.178 e. The van der Waals surface area contributed by atoms with E-state index in [4.69, 9.17) is 9.97 Å². The average Bonchev–Trinajstić information content (AvgIpc) is 2.68. The number of benzene rings is 1. The fourth-order valence-corrected chi connectivity index (χ4v) is 2.84. The van der Waals surface area contributed by atoms with Gasteiger partial charge in [-0.1, -0.05) is 13.8 Å². The lowest BCUT2D eigenvalue weighted by Crippen LogP contribution is -1.94. The number of rotatable bonds is 0. The van der Waals surface area contributed by atoms with Gasteiger partial charge in [-0.3, -0.25) is 9.97 Å². The van der Waals surface area contributed by atoms with E-state index in [1.165, 1.54) is 0 Å². The van der Waals surface area contributed by atoms with E-state index in [0.717, 1.165) is 38.4 Å². The normalized spacial score (nSPS) is 10.9. The van der Waals surface area contributed by atoms with E-state index in [0.29, 0.717) is 5.65 Å². The lowest BCUT2D eigenvalue weighted by atomic mass is 10.1. The molecule has 0 N–H and O–H groups in total. The summed E-state index contributed by atoms with van der Waals surface area (Å²) in [5, 5.41) is 1.91. The Kier molecular flexibility index (Phi) is 3.46. The van der Waals surface area contributed by atoms with Crippen LogP contribution in [0.3, 0.4) is 0 Å². The number of hydrogen-bond donors (Lipinski definition) is 0. The maximum Gasteiger partial charge on any atom is 0.178 e. The van der Waals surface area contributed by atoms with Crippen LogP contribution >= 0.6 is 0 Å². The molecule has 0 spiro atoms. The molecular formula is C19H15N5. The Morgan fingerprint density at radius 1 is 0.583 bits per heavy atom. The highest BCUT2D eigenvalue weighted by molar-refractivity contribution is 6.21. The molecule has 116 valence electrons. The van der Waals surface area contributed by atoms with Crippen LogP contribution in [0.1, 0.15) is 13.8 Å². The predicted octanol–water partition coefficient (Wildman–Crippen LogP) is 4.30. The first-order valence-corrected chi connectivity index (χ1v) is 7.96. The lowest BCUT2D eigenvalue weighted by molar-refractivity contribution is 1.29. The second-order valence-corrected chi connectivity index (χ2v) is 5.07. The van der Waals surface area contributed by atoms with Gasteiger partial charge in [0.2, 0.25) is 0 Å². The van der Waals surface area contributed by atoms with Gasteiger partial charge in [0.25, 0.3) is 0 Å². The van der Waals surface area contributed by atoms with Crippen molar-refractivity contribution in [1.29, 1.82) is 0 Å². The maximum atomic E-state index is 4.76. The highest BCUT2D eigenvalue weighted by Gasteiger charge is 2.13. The third-order valence-corrected chi connectivity index (χ3v) is 3.79. The van der Waals surface area contributed by atoms with Crippen LogP contribution in [0.4, 0.5) is 0 Å². The number of aromatic nitrogens is 5. The van der Waals surface area contributed by atoms with Gasteiger partial charge in [0, 0.05) is 29.4 Å². The van der Waals surface area contributed by atoms with Gasteiger partial charge in [-0.15, -0.1) is 0 Å². The summed E-state index contributed by atoms with van der Waals surface area (Å²) in [6, 6.07) is 11.6. The topological polar surface area (TPSA) is 64.5 Å². The predicted molar refractivity (Wildman–Crippen MR) is 96.8 cm³/mol. The van der Waals surface area contributed by atoms with Crippen LogP contribution in [0, 0.1) is 0 Å². The van der Waals surface area contributed by atoms with Crippen LogP contribution in [-0.4, -0.2) is 24.9 Å². The first-order valence-electron chi connectivity index (χ1n) is 7.96. The minimum atomic E-state index is 0.642. The van der Waals surface area contributed by atoms with E-state index in [-0.39, 0.29) is 0 Å². The van der Waals surface area contributed by atoms with Crippen molar-refractivity contribution in [2.45, 2.75) is 13.8 Å². The summed E-state index contributed by atoms with van der Waals surface area (Å²) in [6.45, 7) is 4.00. The third-order valence-electron chi connectivity index (χ3n) is 3.79. The molecule has 0 amide bonds. The van der Waals surface area contributed by atoms with Gasteiger partial charge in [0.1, 0.15) is 11.0 Å². The van der Waals surface area contributed by atoms with Gasteiger partial charge < -0.3 is 0 Å². The molecular weight excluding hydrogens is 298 g/mol. The van der Waals surface area contributed by atoms with Gasteiger partial charge >= 0.3 is 0 Å². The maximum absolute atomic E-state index is 4.76. The molecule has 0 atom stereocenters. The van der Waals surface area contributed by atoms with E-state index in [9.17, 15) is 0 Å². The minimum absolute atomic E-state index is 0.642. The Morgan fingerprint density at radius 2 is 1.12 bits per heavy atom. The summed E-state index contributed by atoms with van der Waals surface area (Å²) in [4.78, 5) is 22.8. The molecule has 0 saturated carbocycles. The standard InChI is InChI=1S/C17H9N5.C2H6/c1-4-10-13(18-7-1)14-11(5-2-8-19-14)16-15(10)21-12-6-3-9-20-17(12)22-16;1-2/h1-9H;1-2H3. The zero-order chi connectivity index (χ0) is 16.5. The summed E-state index contributed by atoms with van der Waals surface area (Å²) >= 11 is 0. The summed E-state index contributed by atoms with van der Waals surface area (Å²) in [5.74, 6) is 0. The molecule has 4 aromatic heterocycles. The molecule has 24 heavy (non-hydrogen) atoms. The largest absolute Gasteiger partial charge is 0.254 e. The summed E-state index contributed by atoms with van der Waals surface area (Å²) < 4.78 is 0. The molecule has 0 aliphatic carbocycles. The zero-order valence-corrected chi connectivity index (χ0v) is 13.4. The van der Waals surface area contributed by atoms with Crippen molar-refractivity contribution in [3.05, 3.63) is 55.0 Å². The Bertz CT molecular complexity index is 1090. The van der Waals surface area contributed by atoms with Crippen LogP contribution < -0.4 is 0 Å². The van der Waals surface area contributed by atoms with Crippen LogP contribution in [0.2, 0.25) is 0 Å². The SMILES string of the molecule is CC.c1cnc2nc3c4cccnc4c4ncccc4c3nc2c1. The Morgan fingerprint density at radius 3 is 1.79 bits per heavy atom. The van der Waals surface area contributed by atoms with Crippen molar-refractivity contribution in [3.8, 4) is 0 Å². The van der Waals surface area contributed by atoms with Crippen LogP contribution in [0.5, 0.6) is 0 Å². The zero-order valence-electron chi connectivity index (χ0n) is 13.4. The van der Waals surface area contributed by atoms with Crippen molar-refractivity contribution in [2.24, 2.45) is 0 Å². The number of fused-ring (bicyclic) bond motifs is 7. The summed E-state index contributed by atoms with van der Waals surface area (Å²) in [5.41, 5.74) is 4.77. The molecule has 0 aliphatic heterocycles. The van der Waals surface area contributed by atoms with E-state index < -0.39 is 0 Å². The monoisotopic (exact) mass is 313 g/mol. The Labute approximate surface area is 138 Å². The molecule has 0 radical (unpaired) electrons. The van der Waals surface area contributed by atoms with Gasteiger partial charge in [-0.2, -0.15) is 0 Å². The van der Waals surface area contributed by atoms with Gasteiger partial charge in [-0.05, 0) is 36.4 Å². The second kappa shape index (κ2) is 5.77.